The van der Waals surface area contributed by atoms with Crippen LogP contribution in [-0.2, 0) is 10.0 Å². The molecule has 12 nitrogen and oxygen atoms in total. The second-order valence-corrected chi connectivity index (χ2v) is 10.2. The van der Waals surface area contributed by atoms with E-state index in [0.717, 1.165) is 17.2 Å². The molecule has 0 spiro atoms. The van der Waals surface area contributed by atoms with Gasteiger partial charge in [-0.1, -0.05) is 60.7 Å². The molecule has 1 aliphatic rings. The van der Waals surface area contributed by atoms with Gasteiger partial charge < -0.3 is 0 Å². The molecular formula is C27H20N6O6S. The van der Waals surface area contributed by atoms with Crippen LogP contribution in [0.25, 0.3) is 11.4 Å². The molecule has 0 saturated carbocycles. The first kappa shape index (κ1) is 26.2. The number of nitro groups is 2. The van der Waals surface area contributed by atoms with Crippen molar-refractivity contribution in [3.05, 3.63) is 140 Å². The van der Waals surface area contributed by atoms with E-state index in [1.54, 1.807) is 4.90 Å². The normalized spacial score (nSPS) is 13.4. The molecule has 0 aliphatic carbocycles. The van der Waals surface area contributed by atoms with E-state index in [2.05, 4.69) is 10.5 Å². The summed E-state index contributed by atoms with van der Waals surface area (Å²) in [6, 6.07) is 27.4. The molecule has 0 saturated heterocycles. The van der Waals surface area contributed by atoms with Gasteiger partial charge in [-0.15, -0.1) is 0 Å². The molecule has 0 fully saturated rings. The van der Waals surface area contributed by atoms with Crippen LogP contribution in [-0.4, -0.2) is 24.1 Å². The number of primary sulfonamides is 1. The summed E-state index contributed by atoms with van der Waals surface area (Å²) in [6.07, 6.45) is 0. The number of nitro benzene ring substituents is 2. The molecule has 1 aliphatic heterocycles. The van der Waals surface area contributed by atoms with Crippen molar-refractivity contribution in [1.29, 1.82) is 0 Å². The number of amidine groups is 1. The molecule has 0 aromatic heterocycles. The van der Waals surface area contributed by atoms with Crippen LogP contribution in [0.5, 0.6) is 0 Å². The van der Waals surface area contributed by atoms with E-state index >= 15 is 0 Å². The Labute approximate surface area is 228 Å². The number of sulfonamides is 1. The Bertz CT molecular complexity index is 1760. The van der Waals surface area contributed by atoms with Crippen molar-refractivity contribution in [2.24, 2.45) is 10.2 Å². The highest BCUT2D eigenvalue weighted by molar-refractivity contribution is 7.89. The van der Waals surface area contributed by atoms with E-state index in [1.165, 1.54) is 36.4 Å². The number of nitrogens with two attached hydrogens (primary N) is 1. The van der Waals surface area contributed by atoms with Gasteiger partial charge in [0.05, 0.1) is 32.2 Å². The molecule has 0 unspecified atom stereocenters. The Morgan fingerprint density at radius 2 is 1.25 bits per heavy atom. The maximum Gasteiger partial charge on any atom is 0.277 e. The topological polar surface area (TPSA) is 174 Å². The van der Waals surface area contributed by atoms with Gasteiger partial charge >= 0.3 is 0 Å². The van der Waals surface area contributed by atoms with Crippen LogP contribution in [0.15, 0.2) is 113 Å². The second-order valence-electron chi connectivity index (χ2n) is 8.63. The van der Waals surface area contributed by atoms with Crippen LogP contribution in [0.2, 0.25) is 0 Å². The Hall–Kier alpha value is -5.40. The van der Waals surface area contributed by atoms with Crippen LogP contribution < -0.4 is 15.5 Å². The van der Waals surface area contributed by atoms with Crippen molar-refractivity contribution in [3.8, 4) is 0 Å². The van der Waals surface area contributed by atoms with E-state index in [0.29, 0.717) is 17.1 Å². The Morgan fingerprint density at radius 1 is 0.725 bits per heavy atom. The highest BCUT2D eigenvalue weighted by atomic mass is 32.2. The Kier molecular flexibility index (Phi) is 6.82. The van der Waals surface area contributed by atoms with Crippen molar-refractivity contribution in [3.63, 3.8) is 0 Å². The molecule has 0 radical (unpaired) electrons. The molecule has 3 N–H and O–H groups in total. The maximum absolute atomic E-state index is 11.9. The number of hydrogen-bond donors (Lipinski definition) is 2. The van der Waals surface area contributed by atoms with Crippen molar-refractivity contribution >= 4 is 44.3 Å². The predicted octanol–water partition coefficient (Wildman–Crippen LogP) is 4.45. The second kappa shape index (κ2) is 10.4. The van der Waals surface area contributed by atoms with E-state index in [1.807, 2.05) is 60.7 Å². The lowest BCUT2D eigenvalue weighted by Gasteiger charge is -2.34. The monoisotopic (exact) mass is 556 g/mol. The van der Waals surface area contributed by atoms with Gasteiger partial charge in [-0.3, -0.25) is 30.6 Å². The van der Waals surface area contributed by atoms with Crippen molar-refractivity contribution in [2.75, 3.05) is 4.90 Å². The van der Waals surface area contributed by atoms with Gasteiger partial charge in [0.25, 0.3) is 11.4 Å². The molecule has 0 atom stereocenters. The average molecular weight is 557 g/mol. The minimum absolute atomic E-state index is 0.0875. The molecule has 40 heavy (non-hydrogen) atoms. The zero-order chi connectivity index (χ0) is 28.4. The van der Waals surface area contributed by atoms with Crippen LogP contribution in [0, 0.1) is 20.2 Å². The fourth-order valence-electron chi connectivity index (χ4n) is 4.27. The molecule has 0 amide bonds. The van der Waals surface area contributed by atoms with Gasteiger partial charge in [-0.05, 0) is 24.3 Å². The smallest absolute Gasteiger partial charge is 0.277 e. The molecule has 200 valence electrons. The number of hydrazone groups is 1. The number of non-ortho nitro benzene ring substituents is 2. The summed E-state index contributed by atoms with van der Waals surface area (Å²) in [7, 11) is -3.99. The third-order valence-corrected chi connectivity index (χ3v) is 6.99. The van der Waals surface area contributed by atoms with E-state index < -0.39 is 31.2 Å². The SMILES string of the molecule is NS(=O)(=O)c1ccc(N2C(c3cc([N+](=O)[O-])cc([N+](=O)[O-])c3)=NNC(c3ccccc3)=C2c2ccccc2)cc1. The number of nitrogens with one attached hydrogen (secondary N) is 1. The average Bonchev–Trinajstić information content (AvgIpc) is 2.96. The van der Waals surface area contributed by atoms with E-state index in [4.69, 9.17) is 5.14 Å². The Morgan fingerprint density at radius 3 is 1.75 bits per heavy atom. The van der Waals surface area contributed by atoms with Crippen LogP contribution in [0.1, 0.15) is 16.7 Å². The predicted molar refractivity (Wildman–Crippen MR) is 149 cm³/mol. The molecule has 13 heteroatoms. The van der Waals surface area contributed by atoms with Crippen LogP contribution in [0.3, 0.4) is 0 Å². The number of anilines is 1. The van der Waals surface area contributed by atoms with Crippen molar-refractivity contribution in [2.45, 2.75) is 4.90 Å². The summed E-state index contributed by atoms with van der Waals surface area (Å²) >= 11 is 0. The summed E-state index contributed by atoms with van der Waals surface area (Å²) in [5.41, 5.74) is 5.19. The van der Waals surface area contributed by atoms with Gasteiger partial charge in [0.2, 0.25) is 10.0 Å². The highest BCUT2D eigenvalue weighted by Crippen LogP contribution is 2.37. The van der Waals surface area contributed by atoms with Crippen molar-refractivity contribution in [1.82, 2.24) is 5.43 Å². The lowest BCUT2D eigenvalue weighted by Crippen LogP contribution is -2.37. The minimum atomic E-state index is -3.99. The number of hydrogen-bond acceptors (Lipinski definition) is 9. The summed E-state index contributed by atoms with van der Waals surface area (Å²) in [5.74, 6) is 0.105. The largest absolute Gasteiger partial charge is 0.290 e. The van der Waals surface area contributed by atoms with Crippen molar-refractivity contribution < 1.29 is 18.3 Å². The lowest BCUT2D eigenvalue weighted by molar-refractivity contribution is -0.394. The molecule has 4 aromatic rings. The first-order valence-electron chi connectivity index (χ1n) is 11.7. The fraction of sp³-hybridized carbons (Fsp3) is 0. The number of rotatable bonds is 7. The summed E-state index contributed by atoms with van der Waals surface area (Å²) in [6.45, 7) is 0. The van der Waals surface area contributed by atoms with Crippen LogP contribution >= 0.6 is 0 Å². The van der Waals surface area contributed by atoms with Gasteiger partial charge in [0.15, 0.2) is 5.84 Å². The summed E-state index contributed by atoms with van der Waals surface area (Å²) in [5, 5.41) is 33.1. The van der Waals surface area contributed by atoms with Gasteiger partial charge in [0, 0.05) is 34.5 Å². The van der Waals surface area contributed by atoms with E-state index in [9.17, 15) is 28.6 Å². The highest BCUT2D eigenvalue weighted by Gasteiger charge is 2.31. The summed E-state index contributed by atoms with van der Waals surface area (Å²) in [4.78, 5) is 23.4. The van der Waals surface area contributed by atoms with Gasteiger partial charge in [-0.2, -0.15) is 5.10 Å². The maximum atomic E-state index is 11.9. The fourth-order valence-corrected chi connectivity index (χ4v) is 4.79. The first-order valence-corrected chi connectivity index (χ1v) is 13.2. The van der Waals surface area contributed by atoms with Crippen LogP contribution in [0.4, 0.5) is 17.1 Å². The lowest BCUT2D eigenvalue weighted by atomic mass is 10.0. The van der Waals surface area contributed by atoms with Gasteiger partial charge in [-0.25, -0.2) is 13.6 Å². The molecule has 4 aromatic carbocycles. The molecule has 1 heterocycles. The standard InChI is InChI=1S/C27H20N6O6S/c28-40(38,39)24-13-11-21(12-14-24)31-26(19-9-5-2-6-10-19)25(18-7-3-1-4-8-18)29-30-27(31)20-15-22(32(34)35)17-23(16-20)33(36)37/h1-17,29H,(H2,28,38,39). The minimum Gasteiger partial charge on any atom is -0.290 e. The third kappa shape index (κ3) is 5.14. The van der Waals surface area contributed by atoms with E-state index in [-0.39, 0.29) is 16.3 Å². The quantitative estimate of drug-likeness (QED) is 0.248. The number of benzene rings is 4. The number of nitrogens with zero attached hydrogens (tertiary/aromatic N) is 4. The first-order chi connectivity index (χ1) is 19.1. The third-order valence-electron chi connectivity index (χ3n) is 6.06. The summed E-state index contributed by atoms with van der Waals surface area (Å²) < 4.78 is 23.9. The zero-order valence-corrected chi connectivity index (χ0v) is 21.4. The van der Waals surface area contributed by atoms with Gasteiger partial charge in [0.1, 0.15) is 0 Å². The molecule has 0 bridgehead atoms. The molecular weight excluding hydrogens is 536 g/mol. The zero-order valence-electron chi connectivity index (χ0n) is 20.5. The Balaban J connectivity index is 1.81. The molecule has 5 rings (SSSR count).